The first-order valence-electron chi connectivity index (χ1n) is 10.2. The van der Waals surface area contributed by atoms with Gasteiger partial charge in [0.1, 0.15) is 5.82 Å². The van der Waals surface area contributed by atoms with E-state index in [0.717, 1.165) is 63.5 Å². The van der Waals surface area contributed by atoms with E-state index in [4.69, 9.17) is 4.99 Å². The molecule has 3 heterocycles. The van der Waals surface area contributed by atoms with Gasteiger partial charge in [-0.1, -0.05) is 13.0 Å². The van der Waals surface area contributed by atoms with Gasteiger partial charge in [0.2, 0.25) is 0 Å². The van der Waals surface area contributed by atoms with Crippen LogP contribution in [-0.2, 0) is 0 Å². The molecule has 1 N–H and O–H groups in total. The van der Waals surface area contributed by atoms with Crippen molar-refractivity contribution in [3.8, 4) is 0 Å². The summed E-state index contributed by atoms with van der Waals surface area (Å²) in [5.74, 6) is 2.98. The minimum atomic E-state index is 0. The summed E-state index contributed by atoms with van der Waals surface area (Å²) in [6.07, 6.45) is 4.58. The van der Waals surface area contributed by atoms with Gasteiger partial charge in [-0.05, 0) is 44.4 Å². The van der Waals surface area contributed by atoms with E-state index >= 15 is 0 Å². The number of likely N-dealkylation sites (tertiary alicyclic amines) is 1. The molecular formula is C20H35IN6. The fraction of sp³-hybridized carbons (Fsp3) is 0.700. The van der Waals surface area contributed by atoms with Gasteiger partial charge in [-0.25, -0.2) is 4.98 Å². The van der Waals surface area contributed by atoms with Gasteiger partial charge >= 0.3 is 0 Å². The summed E-state index contributed by atoms with van der Waals surface area (Å²) in [5, 5.41) is 3.48. The van der Waals surface area contributed by atoms with Crippen LogP contribution in [0, 0.1) is 5.92 Å². The van der Waals surface area contributed by atoms with Gasteiger partial charge in [0, 0.05) is 52.0 Å². The Morgan fingerprint density at radius 3 is 2.70 bits per heavy atom. The number of pyridine rings is 1. The molecular weight excluding hydrogens is 451 g/mol. The highest BCUT2D eigenvalue weighted by Crippen LogP contribution is 2.15. The lowest BCUT2D eigenvalue weighted by Crippen LogP contribution is -2.53. The number of piperidine rings is 1. The molecule has 0 amide bonds. The van der Waals surface area contributed by atoms with Crippen LogP contribution in [0.25, 0.3) is 0 Å². The number of nitrogens with zero attached hydrogens (tertiary/aromatic N) is 5. The van der Waals surface area contributed by atoms with E-state index in [9.17, 15) is 0 Å². The van der Waals surface area contributed by atoms with E-state index in [1.807, 2.05) is 12.3 Å². The Morgan fingerprint density at radius 1 is 1.22 bits per heavy atom. The molecule has 2 fully saturated rings. The van der Waals surface area contributed by atoms with E-state index in [1.54, 1.807) is 0 Å². The van der Waals surface area contributed by atoms with Crippen molar-refractivity contribution in [1.29, 1.82) is 0 Å². The zero-order chi connectivity index (χ0) is 18.2. The van der Waals surface area contributed by atoms with Crippen molar-refractivity contribution in [2.75, 3.05) is 63.8 Å². The van der Waals surface area contributed by atoms with Gasteiger partial charge in [-0.15, -0.1) is 24.0 Å². The maximum Gasteiger partial charge on any atom is 0.194 e. The van der Waals surface area contributed by atoms with E-state index in [-0.39, 0.29) is 24.0 Å². The summed E-state index contributed by atoms with van der Waals surface area (Å²) >= 11 is 0. The molecule has 0 spiro atoms. The van der Waals surface area contributed by atoms with E-state index in [2.05, 4.69) is 51.0 Å². The van der Waals surface area contributed by atoms with Gasteiger partial charge in [-0.2, -0.15) is 0 Å². The molecule has 0 aliphatic carbocycles. The van der Waals surface area contributed by atoms with Crippen molar-refractivity contribution in [2.24, 2.45) is 10.9 Å². The molecule has 1 aromatic heterocycles. The van der Waals surface area contributed by atoms with Crippen molar-refractivity contribution < 1.29 is 0 Å². The standard InChI is InChI=1S/C20H34N6.HI/c1-3-21-20(23-10-12-24-11-6-7-18(2)17-24)26-15-13-25(14-16-26)19-8-4-5-9-22-19;/h4-5,8-9,18H,3,6-7,10-17H2,1-2H3,(H,21,23);1H. The molecule has 2 saturated heterocycles. The van der Waals surface area contributed by atoms with Crippen molar-refractivity contribution in [2.45, 2.75) is 26.7 Å². The Balaban J connectivity index is 0.00000261. The molecule has 2 aliphatic heterocycles. The second-order valence-corrected chi connectivity index (χ2v) is 7.45. The normalized spacial score (nSPS) is 21.7. The molecule has 0 saturated carbocycles. The fourth-order valence-corrected chi connectivity index (χ4v) is 3.90. The van der Waals surface area contributed by atoms with Crippen LogP contribution in [0.1, 0.15) is 26.7 Å². The van der Waals surface area contributed by atoms with E-state index in [1.165, 1.54) is 25.9 Å². The number of aromatic nitrogens is 1. The first-order valence-corrected chi connectivity index (χ1v) is 10.2. The van der Waals surface area contributed by atoms with Crippen LogP contribution in [-0.4, -0.2) is 79.6 Å². The lowest BCUT2D eigenvalue weighted by atomic mass is 10.0. The summed E-state index contributed by atoms with van der Waals surface area (Å²) < 4.78 is 0. The topological polar surface area (TPSA) is 47.0 Å². The van der Waals surface area contributed by atoms with Gasteiger partial charge in [0.05, 0.1) is 6.54 Å². The van der Waals surface area contributed by atoms with Crippen LogP contribution in [0.15, 0.2) is 29.4 Å². The number of aliphatic imine (C=N–C) groups is 1. The Hall–Kier alpha value is -1.09. The number of hydrogen-bond acceptors (Lipinski definition) is 4. The summed E-state index contributed by atoms with van der Waals surface area (Å²) in [7, 11) is 0. The highest BCUT2D eigenvalue weighted by atomic mass is 127. The molecule has 0 aromatic carbocycles. The van der Waals surface area contributed by atoms with Crippen LogP contribution in [0.3, 0.4) is 0 Å². The third kappa shape index (κ3) is 6.78. The monoisotopic (exact) mass is 486 g/mol. The van der Waals surface area contributed by atoms with Crippen molar-refractivity contribution in [3.05, 3.63) is 24.4 Å². The molecule has 0 radical (unpaired) electrons. The van der Waals surface area contributed by atoms with Crippen LogP contribution in [0.4, 0.5) is 5.82 Å². The molecule has 3 rings (SSSR count). The number of halogens is 1. The highest BCUT2D eigenvalue weighted by Gasteiger charge is 2.20. The second-order valence-electron chi connectivity index (χ2n) is 7.45. The van der Waals surface area contributed by atoms with Gasteiger partial charge in [0.15, 0.2) is 5.96 Å². The zero-order valence-corrected chi connectivity index (χ0v) is 19.1. The summed E-state index contributed by atoms with van der Waals surface area (Å²) in [6, 6.07) is 6.12. The zero-order valence-electron chi connectivity index (χ0n) is 16.8. The third-order valence-corrected chi connectivity index (χ3v) is 5.31. The number of piperazine rings is 1. The lowest BCUT2D eigenvalue weighted by Gasteiger charge is -2.37. The predicted octanol–water partition coefficient (Wildman–Crippen LogP) is 2.52. The minimum Gasteiger partial charge on any atom is -0.357 e. The Morgan fingerprint density at radius 2 is 2.04 bits per heavy atom. The summed E-state index contributed by atoms with van der Waals surface area (Å²) in [4.78, 5) is 16.7. The highest BCUT2D eigenvalue weighted by molar-refractivity contribution is 14.0. The van der Waals surface area contributed by atoms with Crippen molar-refractivity contribution in [1.82, 2.24) is 20.1 Å². The van der Waals surface area contributed by atoms with Crippen LogP contribution >= 0.6 is 24.0 Å². The molecule has 27 heavy (non-hydrogen) atoms. The van der Waals surface area contributed by atoms with Crippen LogP contribution in [0.5, 0.6) is 0 Å². The number of guanidine groups is 1. The van der Waals surface area contributed by atoms with Crippen molar-refractivity contribution in [3.63, 3.8) is 0 Å². The average molecular weight is 486 g/mol. The minimum absolute atomic E-state index is 0. The van der Waals surface area contributed by atoms with E-state index < -0.39 is 0 Å². The van der Waals surface area contributed by atoms with Crippen LogP contribution in [0.2, 0.25) is 0 Å². The molecule has 1 atom stereocenters. The Labute approximate surface area is 181 Å². The van der Waals surface area contributed by atoms with Gasteiger partial charge in [0.25, 0.3) is 0 Å². The molecule has 6 nitrogen and oxygen atoms in total. The number of hydrogen-bond donors (Lipinski definition) is 1. The number of nitrogens with one attached hydrogen (secondary N) is 1. The molecule has 1 aromatic rings. The molecule has 1 unspecified atom stereocenters. The molecule has 0 bridgehead atoms. The average Bonchev–Trinajstić information content (AvgIpc) is 2.68. The SMILES string of the molecule is CCNC(=NCCN1CCCC(C)C1)N1CCN(c2ccccn2)CC1.I. The summed E-state index contributed by atoms with van der Waals surface area (Å²) in [6.45, 7) is 13.8. The van der Waals surface area contributed by atoms with Gasteiger partial charge < -0.3 is 20.0 Å². The Kier molecular flexibility index (Phi) is 9.61. The lowest BCUT2D eigenvalue weighted by molar-refractivity contribution is 0.188. The predicted molar refractivity (Wildman–Crippen MR) is 124 cm³/mol. The molecule has 2 aliphatic rings. The number of anilines is 1. The molecule has 152 valence electrons. The maximum absolute atomic E-state index is 4.91. The van der Waals surface area contributed by atoms with Gasteiger partial charge in [-0.3, -0.25) is 4.99 Å². The van der Waals surface area contributed by atoms with Crippen LogP contribution < -0.4 is 10.2 Å². The first kappa shape index (κ1) is 22.2. The quantitative estimate of drug-likeness (QED) is 0.394. The summed E-state index contributed by atoms with van der Waals surface area (Å²) in [5.41, 5.74) is 0. The first-order chi connectivity index (χ1) is 12.8. The third-order valence-electron chi connectivity index (χ3n) is 5.31. The molecule has 7 heteroatoms. The second kappa shape index (κ2) is 11.7. The number of rotatable bonds is 5. The van der Waals surface area contributed by atoms with E-state index in [0.29, 0.717) is 0 Å². The smallest absolute Gasteiger partial charge is 0.194 e. The van der Waals surface area contributed by atoms with Crippen molar-refractivity contribution >= 4 is 35.8 Å². The largest absolute Gasteiger partial charge is 0.357 e. The fourth-order valence-electron chi connectivity index (χ4n) is 3.90. The Bertz CT molecular complexity index is 559. The maximum atomic E-state index is 4.91.